The highest BCUT2D eigenvalue weighted by Crippen LogP contribution is 2.38. The van der Waals surface area contributed by atoms with Crippen molar-refractivity contribution in [2.45, 2.75) is 6.92 Å². The number of rotatable bonds is 3. The Kier molecular flexibility index (Phi) is 3.29. The van der Waals surface area contributed by atoms with Gasteiger partial charge in [0.2, 0.25) is 0 Å². The van der Waals surface area contributed by atoms with Crippen molar-refractivity contribution >= 4 is 11.6 Å². The van der Waals surface area contributed by atoms with Crippen LogP contribution in [0.2, 0.25) is 5.02 Å². The molecule has 4 heteroatoms. The van der Waals surface area contributed by atoms with Crippen LogP contribution >= 0.6 is 11.6 Å². The summed E-state index contributed by atoms with van der Waals surface area (Å²) in [6.45, 7) is 1.90. The molecule has 0 radical (unpaired) electrons. The van der Waals surface area contributed by atoms with Crippen LogP contribution in [-0.4, -0.2) is 14.2 Å². The molecular weight excluding hydrogens is 240 g/mol. The number of hydrogen-bond donors (Lipinski definition) is 0. The Labute approximate surface area is 105 Å². The van der Waals surface area contributed by atoms with Gasteiger partial charge in [0.1, 0.15) is 28.0 Å². The van der Waals surface area contributed by atoms with Gasteiger partial charge in [0, 0.05) is 5.56 Å². The van der Waals surface area contributed by atoms with Gasteiger partial charge in [0.15, 0.2) is 0 Å². The van der Waals surface area contributed by atoms with Crippen LogP contribution in [0.5, 0.6) is 11.5 Å². The molecule has 2 aromatic rings. The first-order chi connectivity index (χ1) is 8.15. The molecule has 0 bridgehead atoms. The van der Waals surface area contributed by atoms with E-state index in [0.717, 1.165) is 17.1 Å². The Hall–Kier alpha value is -1.61. The van der Waals surface area contributed by atoms with Gasteiger partial charge >= 0.3 is 0 Å². The molecule has 3 nitrogen and oxygen atoms in total. The van der Waals surface area contributed by atoms with Crippen LogP contribution in [0.4, 0.5) is 0 Å². The molecule has 1 aromatic heterocycles. The minimum Gasteiger partial charge on any atom is -0.495 e. The van der Waals surface area contributed by atoms with Crippen molar-refractivity contribution in [2.24, 2.45) is 0 Å². The third kappa shape index (κ3) is 2.24. The van der Waals surface area contributed by atoms with E-state index in [4.69, 9.17) is 25.5 Å². The Balaban J connectivity index is 2.55. The van der Waals surface area contributed by atoms with E-state index in [1.165, 1.54) is 0 Å². The number of ether oxygens (including phenoxy) is 2. The van der Waals surface area contributed by atoms with Crippen LogP contribution in [0.15, 0.2) is 28.7 Å². The quantitative estimate of drug-likeness (QED) is 0.830. The normalized spacial score (nSPS) is 10.4. The first-order valence-electron chi connectivity index (χ1n) is 5.14. The molecule has 0 aliphatic carbocycles. The topological polar surface area (TPSA) is 31.6 Å². The number of halogens is 1. The van der Waals surface area contributed by atoms with Crippen LogP contribution in [0.1, 0.15) is 5.76 Å². The minimum absolute atomic E-state index is 0.460. The molecule has 17 heavy (non-hydrogen) atoms. The van der Waals surface area contributed by atoms with Gasteiger partial charge in [0.25, 0.3) is 0 Å². The molecule has 1 aromatic carbocycles. The summed E-state index contributed by atoms with van der Waals surface area (Å²) in [4.78, 5) is 0. The highest BCUT2D eigenvalue weighted by atomic mass is 35.5. The lowest BCUT2D eigenvalue weighted by molar-refractivity contribution is 0.394. The molecule has 90 valence electrons. The Morgan fingerprint density at radius 2 is 1.65 bits per heavy atom. The van der Waals surface area contributed by atoms with E-state index < -0.39 is 0 Å². The maximum absolute atomic E-state index is 6.09. The predicted octanol–water partition coefficient (Wildman–Crippen LogP) is 3.93. The number of aryl methyl sites for hydroxylation is 1. The first-order valence-corrected chi connectivity index (χ1v) is 5.52. The summed E-state index contributed by atoms with van der Waals surface area (Å²) < 4.78 is 16.0. The van der Waals surface area contributed by atoms with Crippen molar-refractivity contribution in [3.05, 3.63) is 35.0 Å². The summed E-state index contributed by atoms with van der Waals surface area (Å²) >= 11 is 6.09. The van der Waals surface area contributed by atoms with Gasteiger partial charge in [-0.05, 0) is 31.2 Å². The van der Waals surface area contributed by atoms with Gasteiger partial charge in [0.05, 0.1) is 14.2 Å². The maximum Gasteiger partial charge on any atom is 0.141 e. The zero-order valence-electron chi connectivity index (χ0n) is 9.91. The molecule has 0 aliphatic rings. The van der Waals surface area contributed by atoms with Crippen molar-refractivity contribution < 1.29 is 13.9 Å². The van der Waals surface area contributed by atoms with E-state index in [0.29, 0.717) is 16.5 Å². The lowest BCUT2D eigenvalue weighted by Crippen LogP contribution is -1.90. The van der Waals surface area contributed by atoms with Gasteiger partial charge in [-0.3, -0.25) is 0 Å². The average Bonchev–Trinajstić information content (AvgIpc) is 2.76. The summed E-state index contributed by atoms with van der Waals surface area (Å²) in [6.07, 6.45) is 0. The number of benzene rings is 1. The molecule has 2 rings (SSSR count). The molecule has 0 saturated carbocycles. The highest BCUT2D eigenvalue weighted by molar-refractivity contribution is 6.33. The molecule has 0 N–H and O–H groups in total. The standard InChI is InChI=1S/C13H13ClO3/c1-8-4-5-10(17-8)9-6-11(15-2)13(14)12(7-9)16-3/h4-7H,1-3H3. The van der Waals surface area contributed by atoms with Crippen LogP contribution in [0, 0.1) is 6.92 Å². The van der Waals surface area contributed by atoms with E-state index in [1.807, 2.05) is 31.2 Å². The molecule has 1 heterocycles. The van der Waals surface area contributed by atoms with Crippen LogP contribution in [0.25, 0.3) is 11.3 Å². The number of furan rings is 1. The Morgan fingerprint density at radius 3 is 2.06 bits per heavy atom. The molecule has 0 atom stereocenters. The SMILES string of the molecule is COc1cc(-c2ccc(C)o2)cc(OC)c1Cl. The zero-order chi connectivity index (χ0) is 12.4. The van der Waals surface area contributed by atoms with Gasteiger partial charge in [-0.15, -0.1) is 0 Å². The molecule has 0 aliphatic heterocycles. The molecule has 0 spiro atoms. The molecular formula is C13H13ClO3. The largest absolute Gasteiger partial charge is 0.495 e. The van der Waals surface area contributed by atoms with Crippen molar-refractivity contribution in [3.8, 4) is 22.8 Å². The smallest absolute Gasteiger partial charge is 0.141 e. The Bertz CT molecular complexity index is 506. The van der Waals surface area contributed by atoms with Crippen molar-refractivity contribution in [3.63, 3.8) is 0 Å². The van der Waals surface area contributed by atoms with Gasteiger partial charge < -0.3 is 13.9 Å². The second kappa shape index (κ2) is 4.72. The molecule has 0 amide bonds. The van der Waals surface area contributed by atoms with Crippen LogP contribution < -0.4 is 9.47 Å². The van der Waals surface area contributed by atoms with Crippen molar-refractivity contribution in [2.75, 3.05) is 14.2 Å². The van der Waals surface area contributed by atoms with Gasteiger partial charge in [-0.1, -0.05) is 11.6 Å². The molecule has 0 unspecified atom stereocenters. The van der Waals surface area contributed by atoms with E-state index in [2.05, 4.69) is 0 Å². The van der Waals surface area contributed by atoms with Gasteiger partial charge in [-0.2, -0.15) is 0 Å². The van der Waals surface area contributed by atoms with E-state index in [1.54, 1.807) is 14.2 Å². The third-order valence-electron chi connectivity index (χ3n) is 2.47. The summed E-state index contributed by atoms with van der Waals surface area (Å²) in [5, 5.41) is 0.460. The number of hydrogen-bond acceptors (Lipinski definition) is 3. The first kappa shape index (κ1) is 11.9. The van der Waals surface area contributed by atoms with Crippen molar-refractivity contribution in [1.29, 1.82) is 0 Å². The van der Waals surface area contributed by atoms with Crippen LogP contribution in [-0.2, 0) is 0 Å². The summed E-state index contributed by atoms with van der Waals surface area (Å²) in [5.74, 6) is 2.74. The van der Waals surface area contributed by atoms with E-state index in [-0.39, 0.29) is 0 Å². The predicted molar refractivity (Wildman–Crippen MR) is 67.0 cm³/mol. The lowest BCUT2D eigenvalue weighted by atomic mass is 10.1. The second-order valence-electron chi connectivity index (χ2n) is 3.61. The fraction of sp³-hybridized carbons (Fsp3) is 0.231. The molecule has 0 fully saturated rings. The lowest BCUT2D eigenvalue weighted by Gasteiger charge is -2.10. The zero-order valence-corrected chi connectivity index (χ0v) is 10.7. The third-order valence-corrected chi connectivity index (χ3v) is 2.84. The van der Waals surface area contributed by atoms with Crippen LogP contribution in [0.3, 0.4) is 0 Å². The minimum atomic E-state index is 0.460. The fourth-order valence-electron chi connectivity index (χ4n) is 1.60. The summed E-state index contributed by atoms with van der Waals surface area (Å²) in [7, 11) is 3.13. The van der Waals surface area contributed by atoms with Crippen molar-refractivity contribution in [1.82, 2.24) is 0 Å². The van der Waals surface area contributed by atoms with Gasteiger partial charge in [-0.25, -0.2) is 0 Å². The maximum atomic E-state index is 6.09. The number of methoxy groups -OCH3 is 2. The fourth-order valence-corrected chi connectivity index (χ4v) is 1.86. The van der Waals surface area contributed by atoms with E-state index in [9.17, 15) is 0 Å². The monoisotopic (exact) mass is 252 g/mol. The second-order valence-corrected chi connectivity index (χ2v) is 3.98. The Morgan fingerprint density at radius 1 is 1.06 bits per heavy atom. The summed E-state index contributed by atoms with van der Waals surface area (Å²) in [5.41, 5.74) is 0.871. The molecule has 0 saturated heterocycles. The average molecular weight is 253 g/mol. The summed E-state index contributed by atoms with van der Waals surface area (Å²) in [6, 6.07) is 7.45. The highest BCUT2D eigenvalue weighted by Gasteiger charge is 2.13. The van der Waals surface area contributed by atoms with E-state index >= 15 is 0 Å².